The van der Waals surface area contributed by atoms with Crippen LogP contribution < -0.4 is 10.2 Å². The number of thioether (sulfide) groups is 1. The van der Waals surface area contributed by atoms with Crippen LogP contribution in [0.15, 0.2) is 91.0 Å². The topological polar surface area (TPSA) is 96.6 Å². The molecular formula is C32H33N4O3S+. The number of rotatable bonds is 10. The molecule has 1 aromatic heterocycles. The van der Waals surface area contributed by atoms with E-state index in [-0.39, 0.29) is 11.4 Å². The van der Waals surface area contributed by atoms with Crippen molar-refractivity contribution in [3.05, 3.63) is 102 Å². The predicted molar refractivity (Wildman–Crippen MR) is 159 cm³/mol. The molecule has 1 aliphatic rings. The van der Waals surface area contributed by atoms with Crippen molar-refractivity contribution in [1.29, 1.82) is 0 Å². The Morgan fingerprint density at radius 3 is 2.12 bits per heavy atom. The summed E-state index contributed by atoms with van der Waals surface area (Å²) in [5, 5.41) is 12.5. The van der Waals surface area contributed by atoms with Gasteiger partial charge >= 0.3 is 5.97 Å². The number of hydrogen-bond acceptors (Lipinski definition) is 5. The van der Waals surface area contributed by atoms with Crippen molar-refractivity contribution in [3.8, 4) is 22.5 Å². The minimum Gasteiger partial charge on any atom is -0.480 e. The van der Waals surface area contributed by atoms with E-state index in [0.29, 0.717) is 11.6 Å². The first-order chi connectivity index (χ1) is 19.6. The summed E-state index contributed by atoms with van der Waals surface area (Å²) in [6.07, 6.45) is 3.39. The molecule has 0 aliphatic carbocycles. The number of quaternary nitrogens is 1. The molecule has 0 spiro atoms. The van der Waals surface area contributed by atoms with Crippen molar-refractivity contribution in [3.63, 3.8) is 0 Å². The number of carboxylic acid groups (broad SMARTS) is 1. The van der Waals surface area contributed by atoms with Gasteiger partial charge in [-0.05, 0) is 36.0 Å². The van der Waals surface area contributed by atoms with Gasteiger partial charge in [0.2, 0.25) is 5.82 Å². The molecule has 1 amide bonds. The summed E-state index contributed by atoms with van der Waals surface area (Å²) in [6, 6.07) is 28.7. The molecule has 1 atom stereocenters. The molecule has 1 fully saturated rings. The minimum atomic E-state index is -1.07. The van der Waals surface area contributed by atoms with Crippen LogP contribution in [0.5, 0.6) is 0 Å². The van der Waals surface area contributed by atoms with Crippen molar-refractivity contribution in [1.82, 2.24) is 15.3 Å². The molecule has 8 heteroatoms. The third kappa shape index (κ3) is 7.14. The highest BCUT2D eigenvalue weighted by molar-refractivity contribution is 7.98. The number of aliphatic carboxylic acids is 1. The Morgan fingerprint density at radius 1 is 0.825 bits per heavy atom. The van der Waals surface area contributed by atoms with E-state index in [1.807, 2.05) is 72.8 Å². The number of piperidine rings is 1. The molecule has 1 aliphatic heterocycles. The van der Waals surface area contributed by atoms with Gasteiger partial charge in [-0.1, -0.05) is 84.9 Å². The van der Waals surface area contributed by atoms with Crippen molar-refractivity contribution in [2.24, 2.45) is 0 Å². The highest BCUT2D eigenvalue weighted by atomic mass is 32.2. The fourth-order valence-electron chi connectivity index (χ4n) is 4.83. The summed E-state index contributed by atoms with van der Waals surface area (Å²) in [4.78, 5) is 36.0. The third-order valence-electron chi connectivity index (χ3n) is 7.03. The van der Waals surface area contributed by atoms with Crippen LogP contribution in [-0.2, 0) is 10.5 Å². The zero-order valence-corrected chi connectivity index (χ0v) is 23.1. The number of carboxylic acids is 1. The molecular weight excluding hydrogens is 520 g/mol. The van der Waals surface area contributed by atoms with Gasteiger partial charge in [-0.2, -0.15) is 16.7 Å². The highest BCUT2D eigenvalue weighted by Gasteiger charge is 2.25. The number of benzene rings is 3. The Hall–Kier alpha value is -4.01. The number of nitrogens with zero attached hydrogens (tertiary/aromatic N) is 2. The van der Waals surface area contributed by atoms with Crippen LogP contribution in [0, 0.1) is 0 Å². The number of amides is 1. The third-order valence-corrected chi connectivity index (χ3v) is 8.13. The number of carbonyl (C=O) groups is 2. The summed E-state index contributed by atoms with van der Waals surface area (Å²) in [5.74, 6) is 0.577. The maximum Gasteiger partial charge on any atom is 0.327 e. The monoisotopic (exact) mass is 553 g/mol. The van der Waals surface area contributed by atoms with E-state index in [2.05, 4.69) is 22.4 Å². The predicted octanol–water partition coefficient (Wildman–Crippen LogP) is 4.63. The molecule has 3 aromatic carbocycles. The van der Waals surface area contributed by atoms with Gasteiger partial charge in [-0.15, -0.1) is 0 Å². The van der Waals surface area contributed by atoms with E-state index in [0.717, 1.165) is 54.0 Å². The van der Waals surface area contributed by atoms with E-state index >= 15 is 0 Å². The van der Waals surface area contributed by atoms with Gasteiger partial charge in [-0.25, -0.2) is 9.78 Å². The second kappa shape index (κ2) is 13.4. The lowest BCUT2D eigenvalue weighted by atomic mass is 10.0. The molecule has 40 heavy (non-hydrogen) atoms. The van der Waals surface area contributed by atoms with Crippen LogP contribution in [0.2, 0.25) is 0 Å². The molecule has 4 aromatic rings. The smallest absolute Gasteiger partial charge is 0.327 e. The SMILES string of the molecule is O=C(N[C@@H](CSCc1ccccc1)C(=O)O)c1cc([NH+]2CCCCC2)nc(-c2ccc(-c3ccccc3)cc2)n1. The lowest BCUT2D eigenvalue weighted by Gasteiger charge is -2.23. The zero-order valence-electron chi connectivity index (χ0n) is 22.3. The summed E-state index contributed by atoms with van der Waals surface area (Å²) < 4.78 is 0. The van der Waals surface area contributed by atoms with Crippen LogP contribution in [-0.4, -0.2) is 51.8 Å². The fraction of sp³-hybridized carbons (Fsp3) is 0.250. The van der Waals surface area contributed by atoms with Crippen LogP contribution in [0.4, 0.5) is 5.82 Å². The van der Waals surface area contributed by atoms with E-state index in [1.165, 1.54) is 23.1 Å². The largest absolute Gasteiger partial charge is 0.480 e. The maximum atomic E-state index is 13.4. The fourth-order valence-corrected chi connectivity index (χ4v) is 5.83. The second-order valence-corrected chi connectivity index (χ2v) is 11.0. The zero-order chi connectivity index (χ0) is 27.7. The average molecular weight is 554 g/mol. The van der Waals surface area contributed by atoms with Crippen molar-refractivity contribution in [2.45, 2.75) is 31.1 Å². The normalized spacial score (nSPS) is 14.4. The summed E-state index contributed by atoms with van der Waals surface area (Å²) in [7, 11) is 0. The van der Waals surface area contributed by atoms with Gasteiger partial charge in [0.05, 0.1) is 19.2 Å². The lowest BCUT2D eigenvalue weighted by Crippen LogP contribution is -3.08. The van der Waals surface area contributed by atoms with Crippen LogP contribution in [0.1, 0.15) is 35.3 Å². The molecule has 0 radical (unpaired) electrons. The van der Waals surface area contributed by atoms with Gasteiger partial charge in [0, 0.05) is 17.1 Å². The molecule has 3 N–H and O–H groups in total. The highest BCUT2D eigenvalue weighted by Crippen LogP contribution is 2.24. The molecule has 7 nitrogen and oxygen atoms in total. The molecule has 1 saturated heterocycles. The molecule has 5 rings (SSSR count). The van der Waals surface area contributed by atoms with E-state index in [1.54, 1.807) is 6.07 Å². The first-order valence-corrected chi connectivity index (χ1v) is 14.8. The molecule has 0 bridgehead atoms. The van der Waals surface area contributed by atoms with Crippen molar-refractivity contribution < 1.29 is 19.6 Å². The summed E-state index contributed by atoms with van der Waals surface area (Å²) >= 11 is 1.47. The Morgan fingerprint density at radius 2 is 1.45 bits per heavy atom. The quantitative estimate of drug-likeness (QED) is 0.265. The van der Waals surface area contributed by atoms with E-state index < -0.39 is 17.9 Å². The number of hydrogen-bond donors (Lipinski definition) is 3. The molecule has 0 saturated carbocycles. The van der Waals surface area contributed by atoms with Gasteiger partial charge in [0.15, 0.2) is 5.82 Å². The standard InChI is InChI=1S/C32H32N4O3S/c37-31(34-28(32(38)39)22-40-21-23-10-4-1-5-11-23)27-20-29(36-18-8-3-9-19-36)35-30(33-27)26-16-14-25(15-17-26)24-12-6-2-7-13-24/h1-2,4-7,10-17,20,28H,3,8-9,18-19,21-22H2,(H,34,37)(H,38,39)/p+1/t28-/m0/s1. The van der Waals surface area contributed by atoms with Gasteiger partial charge in [0.1, 0.15) is 11.7 Å². The lowest BCUT2D eigenvalue weighted by molar-refractivity contribution is -0.840. The van der Waals surface area contributed by atoms with Crippen LogP contribution in [0.25, 0.3) is 22.5 Å². The van der Waals surface area contributed by atoms with Crippen LogP contribution >= 0.6 is 11.8 Å². The first-order valence-electron chi connectivity index (χ1n) is 13.6. The minimum absolute atomic E-state index is 0.185. The Kier molecular flexibility index (Phi) is 9.21. The Bertz CT molecular complexity index is 1430. The Labute approximate surface area is 238 Å². The summed E-state index contributed by atoms with van der Waals surface area (Å²) in [5.41, 5.74) is 4.30. The second-order valence-electron chi connectivity index (χ2n) is 9.93. The average Bonchev–Trinajstić information content (AvgIpc) is 3.01. The van der Waals surface area contributed by atoms with Crippen molar-refractivity contribution >= 4 is 29.5 Å². The van der Waals surface area contributed by atoms with Gasteiger partial charge in [0.25, 0.3) is 5.91 Å². The molecule has 2 heterocycles. The molecule has 0 unspecified atom stereocenters. The maximum absolute atomic E-state index is 13.4. The summed E-state index contributed by atoms with van der Waals surface area (Å²) in [6.45, 7) is 1.89. The number of carbonyl (C=O) groups excluding carboxylic acids is 1. The van der Waals surface area contributed by atoms with E-state index in [4.69, 9.17) is 4.98 Å². The van der Waals surface area contributed by atoms with E-state index in [9.17, 15) is 14.7 Å². The van der Waals surface area contributed by atoms with Crippen molar-refractivity contribution in [2.75, 3.05) is 18.8 Å². The van der Waals surface area contributed by atoms with Gasteiger partial charge in [-0.3, -0.25) is 9.69 Å². The number of nitrogens with one attached hydrogen (secondary N) is 2. The number of aromatic nitrogens is 2. The van der Waals surface area contributed by atoms with Gasteiger partial charge < -0.3 is 10.4 Å². The Balaban J connectivity index is 1.37. The van der Waals surface area contributed by atoms with Crippen LogP contribution in [0.3, 0.4) is 0 Å². The molecule has 204 valence electrons. The first kappa shape index (κ1) is 27.6.